The largest absolute Gasteiger partial charge is 0.434 e. The monoisotopic (exact) mass is 442 g/mol. The van der Waals surface area contributed by atoms with E-state index in [2.05, 4.69) is 42.0 Å². The number of nitrogens with zero attached hydrogens (tertiary/aromatic N) is 7. The SMILES string of the molecule is Cc1[nH]ncc1[C@@H]1C[C@@H](C)CN(c2nccc(-c3cnc4cnc(C(F)(F)F)cn34)n2)C1. The number of aromatic amines is 1. The van der Waals surface area contributed by atoms with Crippen molar-refractivity contribution < 1.29 is 13.2 Å². The van der Waals surface area contributed by atoms with Crippen LogP contribution >= 0.6 is 0 Å². The van der Waals surface area contributed by atoms with Gasteiger partial charge in [0, 0.05) is 37.1 Å². The van der Waals surface area contributed by atoms with Crippen molar-refractivity contribution in [1.82, 2.24) is 34.5 Å². The Kier molecular flexibility index (Phi) is 4.83. The Morgan fingerprint density at radius 3 is 2.69 bits per heavy atom. The lowest BCUT2D eigenvalue weighted by atomic mass is 9.86. The van der Waals surface area contributed by atoms with E-state index in [9.17, 15) is 13.2 Å². The van der Waals surface area contributed by atoms with Crippen molar-refractivity contribution in [2.75, 3.05) is 18.0 Å². The maximum Gasteiger partial charge on any atom is 0.434 e. The van der Waals surface area contributed by atoms with Gasteiger partial charge in [0.25, 0.3) is 0 Å². The smallest absolute Gasteiger partial charge is 0.340 e. The molecule has 4 aromatic rings. The van der Waals surface area contributed by atoms with Crippen molar-refractivity contribution in [2.24, 2.45) is 5.92 Å². The number of hydrogen-bond donors (Lipinski definition) is 1. The first-order valence-corrected chi connectivity index (χ1v) is 10.3. The predicted molar refractivity (Wildman–Crippen MR) is 111 cm³/mol. The summed E-state index contributed by atoms with van der Waals surface area (Å²) in [4.78, 5) is 18.9. The molecule has 166 valence electrons. The summed E-state index contributed by atoms with van der Waals surface area (Å²) in [6, 6.07) is 1.67. The van der Waals surface area contributed by atoms with Crippen molar-refractivity contribution in [3.63, 3.8) is 0 Å². The van der Waals surface area contributed by atoms with E-state index < -0.39 is 11.9 Å². The number of fused-ring (bicyclic) bond motifs is 1. The quantitative estimate of drug-likeness (QED) is 0.518. The number of rotatable bonds is 3. The zero-order chi connectivity index (χ0) is 22.5. The molecule has 1 fully saturated rings. The van der Waals surface area contributed by atoms with Gasteiger partial charge >= 0.3 is 6.18 Å². The van der Waals surface area contributed by atoms with Crippen molar-refractivity contribution in [3.8, 4) is 11.4 Å². The van der Waals surface area contributed by atoms with Crippen molar-refractivity contribution in [3.05, 3.63) is 54.0 Å². The van der Waals surface area contributed by atoms with E-state index in [1.165, 1.54) is 16.2 Å². The van der Waals surface area contributed by atoms with Crippen molar-refractivity contribution >= 4 is 11.6 Å². The third kappa shape index (κ3) is 3.67. The molecule has 0 unspecified atom stereocenters. The Morgan fingerprint density at radius 1 is 1.09 bits per heavy atom. The average Bonchev–Trinajstić information content (AvgIpc) is 3.38. The molecule has 2 atom stereocenters. The highest BCUT2D eigenvalue weighted by Crippen LogP contribution is 2.33. The van der Waals surface area contributed by atoms with Gasteiger partial charge in [-0.3, -0.25) is 9.50 Å². The zero-order valence-corrected chi connectivity index (χ0v) is 17.5. The Bertz CT molecular complexity index is 1260. The number of H-pyrrole nitrogens is 1. The minimum atomic E-state index is -4.54. The van der Waals surface area contributed by atoms with Crippen LogP contribution in [0.1, 0.15) is 36.2 Å². The third-order valence-corrected chi connectivity index (χ3v) is 5.84. The normalized spacial score (nSPS) is 19.6. The van der Waals surface area contributed by atoms with Crippen LogP contribution in [0.4, 0.5) is 19.1 Å². The van der Waals surface area contributed by atoms with Crippen LogP contribution in [-0.4, -0.2) is 47.6 Å². The Morgan fingerprint density at radius 2 is 1.94 bits per heavy atom. The second-order valence-corrected chi connectivity index (χ2v) is 8.28. The topological polar surface area (TPSA) is 87.9 Å². The van der Waals surface area contributed by atoms with Gasteiger partial charge in [-0.1, -0.05) is 6.92 Å². The fraction of sp³-hybridized carbons (Fsp3) is 0.381. The minimum Gasteiger partial charge on any atom is -0.340 e. The van der Waals surface area contributed by atoms with E-state index in [4.69, 9.17) is 0 Å². The van der Waals surface area contributed by atoms with Crippen LogP contribution < -0.4 is 4.90 Å². The summed E-state index contributed by atoms with van der Waals surface area (Å²) in [5.41, 5.74) is 2.52. The maximum atomic E-state index is 13.1. The van der Waals surface area contributed by atoms with Gasteiger partial charge in [0.1, 0.15) is 0 Å². The van der Waals surface area contributed by atoms with Gasteiger partial charge in [-0.25, -0.2) is 19.9 Å². The van der Waals surface area contributed by atoms with Gasteiger partial charge in [-0.05, 0) is 30.9 Å². The van der Waals surface area contributed by atoms with E-state index in [1.54, 1.807) is 12.3 Å². The highest BCUT2D eigenvalue weighted by Gasteiger charge is 2.33. The molecule has 0 spiro atoms. The molecule has 1 aliphatic heterocycles. The van der Waals surface area contributed by atoms with E-state index in [-0.39, 0.29) is 0 Å². The Hall–Kier alpha value is -3.50. The molecule has 1 saturated heterocycles. The second kappa shape index (κ2) is 7.57. The number of aromatic nitrogens is 7. The first kappa shape index (κ1) is 20.4. The van der Waals surface area contributed by atoms with Crippen LogP contribution in [-0.2, 0) is 6.18 Å². The standard InChI is InChI=1S/C21H21F3N8/c1-12-5-14(15-6-28-30-13(15)2)10-31(9-12)20-25-4-3-16(29-20)17-7-27-19-8-26-18(11-32(17)19)21(22,23)24/h3-4,6-8,11-12,14H,5,9-10H2,1-2H3,(H,28,30)/t12-,14-/m1/s1. The molecule has 5 heterocycles. The molecule has 1 N–H and O–H groups in total. The van der Waals surface area contributed by atoms with E-state index in [1.807, 2.05) is 13.1 Å². The molecular weight excluding hydrogens is 421 g/mol. The molecule has 0 saturated carbocycles. The molecule has 1 aliphatic rings. The fourth-order valence-electron chi connectivity index (χ4n) is 4.38. The molecule has 0 bridgehead atoms. The summed E-state index contributed by atoms with van der Waals surface area (Å²) in [6.45, 7) is 5.74. The Balaban J connectivity index is 1.49. The predicted octanol–water partition coefficient (Wildman–Crippen LogP) is 3.87. The molecule has 5 rings (SSSR count). The van der Waals surface area contributed by atoms with Gasteiger partial charge in [0.05, 0.1) is 30.0 Å². The van der Waals surface area contributed by atoms with Crippen LogP contribution in [0.2, 0.25) is 0 Å². The average molecular weight is 442 g/mol. The molecule has 0 aromatic carbocycles. The Labute approximate surface area is 181 Å². The number of aryl methyl sites for hydroxylation is 1. The van der Waals surface area contributed by atoms with Gasteiger partial charge in [-0.2, -0.15) is 18.3 Å². The van der Waals surface area contributed by atoms with Gasteiger partial charge in [-0.15, -0.1) is 0 Å². The highest BCUT2D eigenvalue weighted by atomic mass is 19.4. The minimum absolute atomic E-state index is 0.293. The first-order valence-electron chi connectivity index (χ1n) is 10.3. The summed E-state index contributed by atoms with van der Waals surface area (Å²) >= 11 is 0. The van der Waals surface area contributed by atoms with Gasteiger partial charge in [0.2, 0.25) is 5.95 Å². The molecule has 32 heavy (non-hydrogen) atoms. The van der Waals surface area contributed by atoms with E-state index >= 15 is 0 Å². The molecule has 0 radical (unpaired) electrons. The molecular formula is C21H21F3N8. The molecule has 4 aromatic heterocycles. The molecule has 8 nitrogen and oxygen atoms in total. The van der Waals surface area contributed by atoms with E-state index in [0.29, 0.717) is 34.8 Å². The number of nitrogens with one attached hydrogen (secondary N) is 1. The van der Waals surface area contributed by atoms with Crippen LogP contribution in [0.25, 0.3) is 17.0 Å². The number of piperidine rings is 1. The van der Waals surface area contributed by atoms with Gasteiger partial charge < -0.3 is 4.90 Å². The summed E-state index contributed by atoms with van der Waals surface area (Å²) in [5, 5.41) is 7.15. The number of halogens is 3. The van der Waals surface area contributed by atoms with Crippen LogP contribution in [0.3, 0.4) is 0 Å². The third-order valence-electron chi connectivity index (χ3n) is 5.84. The van der Waals surface area contributed by atoms with Crippen LogP contribution in [0, 0.1) is 12.8 Å². The maximum absolute atomic E-state index is 13.1. The highest BCUT2D eigenvalue weighted by molar-refractivity contribution is 5.60. The van der Waals surface area contributed by atoms with Crippen molar-refractivity contribution in [1.29, 1.82) is 0 Å². The lowest BCUT2D eigenvalue weighted by Gasteiger charge is -2.36. The summed E-state index contributed by atoms with van der Waals surface area (Å²) in [5.74, 6) is 1.26. The fourth-order valence-corrected chi connectivity index (χ4v) is 4.38. The molecule has 11 heteroatoms. The number of alkyl halides is 3. The second-order valence-electron chi connectivity index (χ2n) is 8.28. The lowest BCUT2D eigenvalue weighted by Crippen LogP contribution is -2.39. The first-order chi connectivity index (χ1) is 15.3. The summed E-state index contributed by atoms with van der Waals surface area (Å²) < 4.78 is 40.8. The van der Waals surface area contributed by atoms with E-state index in [0.717, 1.165) is 37.6 Å². The number of anilines is 1. The van der Waals surface area contributed by atoms with Gasteiger partial charge in [0.15, 0.2) is 11.3 Å². The molecule has 0 amide bonds. The molecule has 0 aliphatic carbocycles. The number of imidazole rings is 1. The summed E-state index contributed by atoms with van der Waals surface area (Å²) in [6.07, 6.45) is 3.55. The summed E-state index contributed by atoms with van der Waals surface area (Å²) in [7, 11) is 0. The lowest BCUT2D eigenvalue weighted by molar-refractivity contribution is -0.141. The zero-order valence-electron chi connectivity index (χ0n) is 17.5. The van der Waals surface area contributed by atoms with Crippen LogP contribution in [0.15, 0.2) is 37.1 Å². The van der Waals surface area contributed by atoms with Crippen molar-refractivity contribution in [2.45, 2.75) is 32.4 Å². The van der Waals surface area contributed by atoms with Crippen LogP contribution in [0.5, 0.6) is 0 Å². The number of hydrogen-bond acceptors (Lipinski definition) is 6.